The lowest BCUT2D eigenvalue weighted by Crippen LogP contribution is -2.11. The first-order valence-electron chi connectivity index (χ1n) is 8.62. The zero-order chi connectivity index (χ0) is 19.0. The Morgan fingerprint density at radius 3 is 2.37 bits per heavy atom. The van der Waals surface area contributed by atoms with E-state index in [2.05, 4.69) is 81.6 Å². The summed E-state index contributed by atoms with van der Waals surface area (Å²) < 4.78 is 3.10. The van der Waals surface area contributed by atoms with Crippen LogP contribution in [0.3, 0.4) is 0 Å². The van der Waals surface area contributed by atoms with Crippen LogP contribution in [0.4, 0.5) is 0 Å². The minimum Gasteiger partial charge on any atom is -0.269 e. The van der Waals surface area contributed by atoms with E-state index in [-0.39, 0.29) is 5.41 Å². The van der Waals surface area contributed by atoms with Gasteiger partial charge in [0.25, 0.3) is 0 Å². The van der Waals surface area contributed by atoms with Crippen molar-refractivity contribution in [1.82, 2.24) is 19.7 Å². The summed E-state index contributed by atoms with van der Waals surface area (Å²) in [4.78, 5) is 5.66. The van der Waals surface area contributed by atoms with E-state index in [4.69, 9.17) is 0 Å². The molecule has 0 aliphatic carbocycles. The van der Waals surface area contributed by atoms with Crippen LogP contribution in [0.15, 0.2) is 56.7 Å². The Morgan fingerprint density at radius 2 is 1.78 bits per heavy atom. The third-order valence-electron chi connectivity index (χ3n) is 4.14. The lowest BCUT2D eigenvalue weighted by atomic mass is 9.87. The standard InChI is InChI=1S/C20H20N4S3/c1-13-12-26-19(21-13)27-18-23-22-17(16-6-5-11-25-16)24(18)15-9-7-14(8-10-15)20(2,3)4/h5-12H,1-4H3. The number of thiophene rings is 1. The van der Waals surface area contributed by atoms with Gasteiger partial charge in [-0.25, -0.2) is 4.98 Å². The maximum atomic E-state index is 4.56. The average Bonchev–Trinajstić information content (AvgIpc) is 3.35. The fraction of sp³-hybridized carbons (Fsp3) is 0.250. The molecular formula is C20H20N4S3. The van der Waals surface area contributed by atoms with Crippen LogP contribution in [-0.4, -0.2) is 19.7 Å². The van der Waals surface area contributed by atoms with E-state index in [0.29, 0.717) is 0 Å². The Labute approximate surface area is 171 Å². The van der Waals surface area contributed by atoms with Gasteiger partial charge in [-0.2, -0.15) is 0 Å². The molecule has 3 aromatic heterocycles. The van der Waals surface area contributed by atoms with E-state index in [9.17, 15) is 0 Å². The van der Waals surface area contributed by atoms with E-state index in [1.807, 2.05) is 13.0 Å². The van der Waals surface area contributed by atoms with E-state index in [1.165, 1.54) is 5.56 Å². The number of benzene rings is 1. The Morgan fingerprint density at radius 1 is 1.00 bits per heavy atom. The highest BCUT2D eigenvalue weighted by atomic mass is 32.2. The molecule has 0 aliphatic rings. The number of rotatable bonds is 4. The summed E-state index contributed by atoms with van der Waals surface area (Å²) in [6.45, 7) is 8.69. The summed E-state index contributed by atoms with van der Waals surface area (Å²) in [5.74, 6) is 0.865. The molecule has 0 atom stereocenters. The number of hydrogen-bond donors (Lipinski definition) is 0. The molecule has 1 aromatic carbocycles. The molecule has 0 radical (unpaired) electrons. The Bertz CT molecular complexity index is 1040. The minimum atomic E-state index is 0.123. The number of nitrogens with zero attached hydrogens (tertiary/aromatic N) is 4. The highest BCUT2D eigenvalue weighted by molar-refractivity contribution is 8.00. The van der Waals surface area contributed by atoms with Crippen LogP contribution in [0.25, 0.3) is 16.4 Å². The molecule has 0 saturated carbocycles. The van der Waals surface area contributed by atoms with Gasteiger partial charge >= 0.3 is 0 Å². The maximum Gasteiger partial charge on any atom is 0.203 e. The second kappa shape index (κ2) is 7.22. The third kappa shape index (κ3) is 3.85. The molecule has 4 nitrogen and oxygen atoms in total. The van der Waals surface area contributed by atoms with Crippen molar-refractivity contribution in [3.8, 4) is 16.4 Å². The van der Waals surface area contributed by atoms with Gasteiger partial charge in [-0.1, -0.05) is 39.0 Å². The Balaban J connectivity index is 1.80. The highest BCUT2D eigenvalue weighted by Crippen LogP contribution is 2.35. The molecule has 0 unspecified atom stereocenters. The van der Waals surface area contributed by atoms with Crippen LogP contribution in [-0.2, 0) is 5.41 Å². The monoisotopic (exact) mass is 412 g/mol. The average molecular weight is 413 g/mol. The fourth-order valence-corrected chi connectivity index (χ4v) is 5.19. The summed E-state index contributed by atoms with van der Waals surface area (Å²) in [6, 6.07) is 12.8. The van der Waals surface area contributed by atoms with Crippen LogP contribution < -0.4 is 0 Å². The molecule has 7 heteroatoms. The van der Waals surface area contributed by atoms with Crippen molar-refractivity contribution in [3.63, 3.8) is 0 Å². The van der Waals surface area contributed by atoms with Gasteiger partial charge in [-0.3, -0.25) is 4.57 Å². The van der Waals surface area contributed by atoms with E-state index < -0.39 is 0 Å². The van der Waals surface area contributed by atoms with Gasteiger partial charge in [0.2, 0.25) is 5.16 Å². The molecule has 0 spiro atoms. The van der Waals surface area contributed by atoms with Gasteiger partial charge in [-0.15, -0.1) is 32.9 Å². The van der Waals surface area contributed by atoms with Crippen LogP contribution in [0.1, 0.15) is 32.0 Å². The second-order valence-electron chi connectivity index (χ2n) is 7.27. The quantitative estimate of drug-likeness (QED) is 0.400. The lowest BCUT2D eigenvalue weighted by Gasteiger charge is -2.19. The molecule has 0 amide bonds. The van der Waals surface area contributed by atoms with Gasteiger partial charge in [0.05, 0.1) is 4.88 Å². The number of thiazole rings is 1. The normalized spacial score (nSPS) is 11.9. The van der Waals surface area contributed by atoms with E-state index in [0.717, 1.165) is 31.6 Å². The van der Waals surface area contributed by atoms with Crippen LogP contribution >= 0.6 is 34.4 Å². The summed E-state index contributed by atoms with van der Waals surface area (Å²) in [6.07, 6.45) is 0. The summed E-state index contributed by atoms with van der Waals surface area (Å²) in [5, 5.41) is 13.9. The molecule has 0 aliphatic heterocycles. The molecule has 0 saturated heterocycles. The topological polar surface area (TPSA) is 43.6 Å². The highest BCUT2D eigenvalue weighted by Gasteiger charge is 2.19. The molecular weight excluding hydrogens is 392 g/mol. The van der Waals surface area contributed by atoms with Crippen molar-refractivity contribution in [2.24, 2.45) is 0 Å². The predicted octanol–water partition coefficient (Wildman–Crippen LogP) is 6.21. The minimum absolute atomic E-state index is 0.123. The van der Waals surface area contributed by atoms with Crippen LogP contribution in [0, 0.1) is 6.92 Å². The molecule has 4 aromatic rings. The van der Waals surface area contributed by atoms with Gasteiger partial charge in [-0.05, 0) is 53.2 Å². The summed E-state index contributed by atoms with van der Waals surface area (Å²) in [7, 11) is 0. The molecule has 27 heavy (non-hydrogen) atoms. The lowest BCUT2D eigenvalue weighted by molar-refractivity contribution is 0.590. The predicted molar refractivity (Wildman–Crippen MR) is 114 cm³/mol. The zero-order valence-electron chi connectivity index (χ0n) is 15.6. The van der Waals surface area contributed by atoms with E-state index in [1.54, 1.807) is 34.4 Å². The van der Waals surface area contributed by atoms with Crippen molar-refractivity contribution < 1.29 is 0 Å². The number of aryl methyl sites for hydroxylation is 1. The first kappa shape index (κ1) is 18.4. The summed E-state index contributed by atoms with van der Waals surface area (Å²) in [5.41, 5.74) is 3.52. The van der Waals surface area contributed by atoms with Gasteiger partial charge < -0.3 is 0 Å². The molecule has 0 N–H and O–H groups in total. The van der Waals surface area contributed by atoms with Crippen molar-refractivity contribution in [3.05, 3.63) is 58.4 Å². The van der Waals surface area contributed by atoms with Crippen molar-refractivity contribution in [2.75, 3.05) is 0 Å². The van der Waals surface area contributed by atoms with E-state index >= 15 is 0 Å². The van der Waals surface area contributed by atoms with Crippen LogP contribution in [0.5, 0.6) is 0 Å². The Hall–Kier alpha value is -1.96. The molecule has 3 heterocycles. The summed E-state index contributed by atoms with van der Waals surface area (Å²) >= 11 is 4.86. The molecule has 0 bridgehead atoms. The van der Waals surface area contributed by atoms with Crippen molar-refractivity contribution >= 4 is 34.4 Å². The second-order valence-corrected chi connectivity index (χ2v) is 10.3. The van der Waals surface area contributed by atoms with Crippen molar-refractivity contribution in [2.45, 2.75) is 42.6 Å². The third-order valence-corrected chi connectivity index (χ3v) is 7.01. The largest absolute Gasteiger partial charge is 0.269 e. The first-order chi connectivity index (χ1) is 12.9. The zero-order valence-corrected chi connectivity index (χ0v) is 18.1. The number of aromatic nitrogens is 4. The fourth-order valence-electron chi connectivity index (χ4n) is 2.70. The smallest absolute Gasteiger partial charge is 0.203 e. The van der Waals surface area contributed by atoms with Gasteiger partial charge in [0, 0.05) is 16.8 Å². The van der Waals surface area contributed by atoms with Crippen molar-refractivity contribution in [1.29, 1.82) is 0 Å². The van der Waals surface area contributed by atoms with Gasteiger partial charge in [0.15, 0.2) is 10.2 Å². The number of hydrogen-bond acceptors (Lipinski definition) is 6. The molecule has 4 rings (SSSR count). The first-order valence-corrected chi connectivity index (χ1v) is 11.2. The molecule has 0 fully saturated rings. The molecule has 138 valence electrons. The van der Waals surface area contributed by atoms with Gasteiger partial charge in [0.1, 0.15) is 0 Å². The Kier molecular flexibility index (Phi) is 4.92. The maximum absolute atomic E-state index is 4.56. The SMILES string of the molecule is Cc1csc(Sc2nnc(-c3cccs3)n2-c2ccc(C(C)(C)C)cc2)n1. The van der Waals surface area contributed by atoms with Crippen LogP contribution in [0.2, 0.25) is 0 Å².